The normalized spacial score (nSPS) is 32.0. The van der Waals surface area contributed by atoms with Crippen LogP contribution < -0.4 is 5.32 Å². The second-order valence-electron chi connectivity index (χ2n) is 7.23. The molecule has 0 aromatic carbocycles. The molecule has 5 rings (SSSR count). The van der Waals surface area contributed by atoms with E-state index >= 15 is 0 Å². The highest BCUT2D eigenvalue weighted by Crippen LogP contribution is 2.40. The Labute approximate surface area is 138 Å². The third kappa shape index (κ3) is 2.40. The zero-order valence-electron chi connectivity index (χ0n) is 13.3. The fourth-order valence-corrected chi connectivity index (χ4v) is 3.72. The summed E-state index contributed by atoms with van der Waals surface area (Å²) in [7, 11) is 0. The van der Waals surface area contributed by atoms with Gasteiger partial charge in [0.05, 0.1) is 12.1 Å². The number of amides is 2. The first-order valence-corrected chi connectivity index (χ1v) is 8.79. The summed E-state index contributed by atoms with van der Waals surface area (Å²) in [4.78, 5) is 27.2. The van der Waals surface area contributed by atoms with Crippen LogP contribution in [0.15, 0.2) is 4.42 Å². The van der Waals surface area contributed by atoms with Crippen molar-refractivity contribution in [2.24, 2.45) is 0 Å². The number of nitrogens with one attached hydrogen (secondary N) is 1. The number of carbonyl (C=O) groups excluding carboxylic acids is 2. The lowest BCUT2D eigenvalue weighted by molar-refractivity contribution is -0.125. The molecule has 0 spiro atoms. The number of hydrogen-bond acceptors (Lipinski definition) is 6. The highest BCUT2D eigenvalue weighted by Gasteiger charge is 2.51. The van der Waals surface area contributed by atoms with Crippen LogP contribution in [0.4, 0.5) is 0 Å². The number of nitrogens with zero attached hydrogens (tertiary/aromatic N) is 3. The molecule has 2 aliphatic heterocycles. The van der Waals surface area contributed by atoms with Crippen LogP contribution in [-0.2, 0) is 9.53 Å². The first kappa shape index (κ1) is 14.4. The minimum Gasteiger partial charge on any atom is -0.417 e. The maximum Gasteiger partial charge on any atom is 0.312 e. The molecule has 0 bridgehead atoms. The predicted octanol–water partition coefficient (Wildman–Crippen LogP) is 0.598. The first-order valence-electron chi connectivity index (χ1n) is 8.79. The van der Waals surface area contributed by atoms with Gasteiger partial charge in [0, 0.05) is 25.0 Å². The molecular weight excluding hydrogens is 312 g/mol. The van der Waals surface area contributed by atoms with Crippen molar-refractivity contribution in [3.8, 4) is 0 Å². The Hall–Kier alpha value is -1.96. The molecule has 2 saturated carbocycles. The van der Waals surface area contributed by atoms with Gasteiger partial charge in [-0.25, -0.2) is 0 Å². The van der Waals surface area contributed by atoms with E-state index in [1.807, 2.05) is 0 Å². The molecule has 8 heteroatoms. The van der Waals surface area contributed by atoms with Gasteiger partial charge in [0.2, 0.25) is 11.8 Å². The number of ether oxygens (including phenoxy) is 1. The van der Waals surface area contributed by atoms with E-state index < -0.39 is 6.04 Å². The average molecular weight is 332 g/mol. The molecule has 8 nitrogen and oxygen atoms in total. The minimum atomic E-state index is -0.510. The summed E-state index contributed by atoms with van der Waals surface area (Å²) in [5.74, 6) is 0.396. The maximum atomic E-state index is 13.0. The van der Waals surface area contributed by atoms with Crippen LogP contribution in [0.5, 0.6) is 0 Å². The molecule has 1 N–H and O–H groups in total. The molecule has 1 aromatic rings. The number of rotatable bonds is 4. The summed E-state index contributed by atoms with van der Waals surface area (Å²) in [5, 5.41) is 10.9. The first-order chi connectivity index (χ1) is 11.7. The molecular formula is C16H20N4O4. The number of hydrogen-bond donors (Lipinski definition) is 1. The fraction of sp³-hybridized carbons (Fsp3) is 0.750. The van der Waals surface area contributed by atoms with Crippen molar-refractivity contribution in [3.05, 3.63) is 11.8 Å². The fourth-order valence-electron chi connectivity index (χ4n) is 3.72. The SMILES string of the molecule is O=C(NC1CC1)[C@@H]1C[C@@H]2OCC[C@@H]2N1C(=O)c1nnc(C2CC2)o1. The quantitative estimate of drug-likeness (QED) is 0.867. The third-order valence-electron chi connectivity index (χ3n) is 5.33. The van der Waals surface area contributed by atoms with Crippen molar-refractivity contribution >= 4 is 11.8 Å². The Balaban J connectivity index is 1.40. The van der Waals surface area contributed by atoms with E-state index in [0.29, 0.717) is 24.8 Å². The van der Waals surface area contributed by atoms with Gasteiger partial charge in [-0.2, -0.15) is 0 Å². The van der Waals surface area contributed by atoms with E-state index in [-0.39, 0.29) is 35.9 Å². The topological polar surface area (TPSA) is 97.6 Å². The number of fused-ring (bicyclic) bond motifs is 1. The lowest BCUT2D eigenvalue weighted by Crippen LogP contribution is -2.49. The molecule has 1 aromatic heterocycles. The van der Waals surface area contributed by atoms with E-state index in [0.717, 1.165) is 32.1 Å². The Morgan fingerprint density at radius 3 is 2.71 bits per heavy atom. The van der Waals surface area contributed by atoms with E-state index in [9.17, 15) is 9.59 Å². The Kier molecular flexibility index (Phi) is 3.16. The molecule has 128 valence electrons. The van der Waals surface area contributed by atoms with Crippen LogP contribution in [-0.4, -0.2) is 57.7 Å². The van der Waals surface area contributed by atoms with E-state index in [1.165, 1.54) is 0 Å². The molecule has 3 heterocycles. The number of aromatic nitrogens is 2. The molecule has 0 radical (unpaired) electrons. The molecule has 3 atom stereocenters. The van der Waals surface area contributed by atoms with Crippen molar-refractivity contribution in [2.75, 3.05) is 6.61 Å². The van der Waals surface area contributed by atoms with Gasteiger partial charge in [-0.05, 0) is 32.1 Å². The zero-order valence-corrected chi connectivity index (χ0v) is 13.3. The van der Waals surface area contributed by atoms with Gasteiger partial charge in [-0.1, -0.05) is 0 Å². The second-order valence-corrected chi connectivity index (χ2v) is 7.23. The number of likely N-dealkylation sites (tertiary alicyclic amines) is 1. The van der Waals surface area contributed by atoms with Gasteiger partial charge < -0.3 is 19.4 Å². The lowest BCUT2D eigenvalue weighted by Gasteiger charge is -2.27. The van der Waals surface area contributed by atoms with Crippen LogP contribution in [0.25, 0.3) is 0 Å². The molecule has 4 fully saturated rings. The molecule has 2 amide bonds. The van der Waals surface area contributed by atoms with Crippen molar-refractivity contribution < 1.29 is 18.7 Å². The number of carbonyl (C=O) groups is 2. The van der Waals surface area contributed by atoms with Crippen LogP contribution in [0.2, 0.25) is 0 Å². The minimum absolute atomic E-state index is 0.00586. The van der Waals surface area contributed by atoms with Gasteiger partial charge in [0.25, 0.3) is 0 Å². The summed E-state index contributed by atoms with van der Waals surface area (Å²) in [5.41, 5.74) is 0. The molecule has 24 heavy (non-hydrogen) atoms. The van der Waals surface area contributed by atoms with Gasteiger partial charge in [-0.15, -0.1) is 10.2 Å². The Bertz CT molecular complexity index is 681. The average Bonchev–Trinajstić information content (AvgIpc) is 3.44. The summed E-state index contributed by atoms with van der Waals surface area (Å²) >= 11 is 0. The molecule has 0 unspecified atom stereocenters. The van der Waals surface area contributed by atoms with Gasteiger partial charge >= 0.3 is 11.8 Å². The third-order valence-corrected chi connectivity index (χ3v) is 5.33. The summed E-state index contributed by atoms with van der Waals surface area (Å²) in [6, 6.07) is -0.325. The monoisotopic (exact) mass is 332 g/mol. The van der Waals surface area contributed by atoms with E-state index in [4.69, 9.17) is 9.15 Å². The molecule has 2 saturated heterocycles. The standard InChI is InChI=1S/C16H20N4O4/c21-13(17-9-3-4-9)11-7-12-10(5-6-23-12)20(11)16(22)15-19-18-14(24-15)8-1-2-8/h8-12H,1-7H2,(H,17,21)/t10-,11-,12-/m0/s1. The van der Waals surface area contributed by atoms with Crippen molar-refractivity contribution in [2.45, 2.75) is 68.7 Å². The smallest absolute Gasteiger partial charge is 0.312 e. The predicted molar refractivity (Wildman–Crippen MR) is 80.2 cm³/mol. The molecule has 2 aliphatic carbocycles. The lowest BCUT2D eigenvalue weighted by atomic mass is 10.1. The van der Waals surface area contributed by atoms with E-state index in [2.05, 4.69) is 15.5 Å². The van der Waals surface area contributed by atoms with Crippen molar-refractivity contribution in [1.82, 2.24) is 20.4 Å². The van der Waals surface area contributed by atoms with Crippen LogP contribution in [0.3, 0.4) is 0 Å². The Morgan fingerprint density at radius 2 is 1.96 bits per heavy atom. The van der Waals surface area contributed by atoms with Gasteiger partial charge in [-0.3, -0.25) is 9.59 Å². The van der Waals surface area contributed by atoms with Crippen LogP contribution in [0, 0.1) is 0 Å². The van der Waals surface area contributed by atoms with Crippen LogP contribution >= 0.6 is 0 Å². The highest BCUT2D eigenvalue weighted by atomic mass is 16.5. The van der Waals surface area contributed by atoms with Gasteiger partial charge in [0.15, 0.2) is 0 Å². The summed E-state index contributed by atoms with van der Waals surface area (Å²) in [6.07, 6.45) is 5.31. The second kappa shape index (κ2) is 5.27. The summed E-state index contributed by atoms with van der Waals surface area (Å²) < 4.78 is 11.3. The summed E-state index contributed by atoms with van der Waals surface area (Å²) in [6.45, 7) is 0.618. The van der Waals surface area contributed by atoms with Gasteiger partial charge in [0.1, 0.15) is 6.04 Å². The van der Waals surface area contributed by atoms with Crippen LogP contribution in [0.1, 0.15) is 61.0 Å². The Morgan fingerprint density at radius 1 is 1.12 bits per heavy atom. The highest BCUT2D eigenvalue weighted by molar-refractivity contribution is 5.95. The van der Waals surface area contributed by atoms with Crippen molar-refractivity contribution in [1.29, 1.82) is 0 Å². The maximum absolute atomic E-state index is 13.0. The molecule has 4 aliphatic rings. The van der Waals surface area contributed by atoms with Crippen molar-refractivity contribution in [3.63, 3.8) is 0 Å². The largest absolute Gasteiger partial charge is 0.417 e. The van der Waals surface area contributed by atoms with E-state index in [1.54, 1.807) is 4.90 Å². The zero-order chi connectivity index (χ0) is 16.3.